The molecule has 1 amide bonds. The van der Waals surface area contributed by atoms with Crippen molar-refractivity contribution in [3.8, 4) is 11.5 Å². The zero-order valence-corrected chi connectivity index (χ0v) is 13.4. The Morgan fingerprint density at radius 2 is 2.09 bits per heavy atom. The number of anilines is 1. The molecule has 0 spiro atoms. The Bertz CT molecular complexity index is 507. The molecular formula is C16H24N2O4. The third-order valence-corrected chi connectivity index (χ3v) is 3.71. The third-order valence-electron chi connectivity index (χ3n) is 3.71. The molecule has 6 heteroatoms. The molecule has 1 heterocycles. The Balaban J connectivity index is 1.90. The van der Waals surface area contributed by atoms with Crippen molar-refractivity contribution in [3.63, 3.8) is 0 Å². The minimum absolute atomic E-state index is 0.0448. The van der Waals surface area contributed by atoms with Gasteiger partial charge in [-0.3, -0.25) is 9.69 Å². The smallest absolute Gasteiger partial charge is 0.241 e. The van der Waals surface area contributed by atoms with Gasteiger partial charge in [0, 0.05) is 32.0 Å². The number of ether oxygens (including phenoxy) is 3. The zero-order valence-electron chi connectivity index (χ0n) is 13.4. The fourth-order valence-electron chi connectivity index (χ4n) is 2.22. The molecule has 6 nitrogen and oxygen atoms in total. The first-order chi connectivity index (χ1) is 10.6. The average molecular weight is 308 g/mol. The van der Waals surface area contributed by atoms with Crippen LogP contribution in [-0.2, 0) is 9.53 Å². The van der Waals surface area contributed by atoms with Crippen LogP contribution < -0.4 is 14.8 Å². The maximum absolute atomic E-state index is 12.3. The Labute approximate surface area is 131 Å². The lowest BCUT2D eigenvalue weighted by atomic mass is 10.2. The Kier molecular flexibility index (Phi) is 6.03. The van der Waals surface area contributed by atoms with Gasteiger partial charge in [-0.15, -0.1) is 0 Å². The highest BCUT2D eigenvalue weighted by Crippen LogP contribution is 2.32. The molecule has 0 fully saturated rings. The monoisotopic (exact) mass is 308 g/mol. The largest absolute Gasteiger partial charge is 0.486 e. The third kappa shape index (κ3) is 4.35. The molecular weight excluding hydrogens is 284 g/mol. The van der Waals surface area contributed by atoms with Crippen molar-refractivity contribution in [2.75, 3.05) is 45.8 Å². The number of hydrogen-bond donors (Lipinski definition) is 1. The van der Waals surface area contributed by atoms with E-state index in [1.807, 2.05) is 31.0 Å². The molecule has 0 radical (unpaired) electrons. The summed E-state index contributed by atoms with van der Waals surface area (Å²) in [5.41, 5.74) is 0.714. The fraction of sp³-hybridized carbons (Fsp3) is 0.562. The van der Waals surface area contributed by atoms with E-state index >= 15 is 0 Å². The summed E-state index contributed by atoms with van der Waals surface area (Å²) in [6.45, 7) is 4.48. The number of carbonyl (C=O) groups is 1. The number of carbonyl (C=O) groups excluding carboxylic acids is 1. The lowest BCUT2D eigenvalue weighted by Gasteiger charge is -2.24. The molecule has 0 aromatic heterocycles. The Morgan fingerprint density at radius 1 is 1.36 bits per heavy atom. The maximum atomic E-state index is 12.3. The topological polar surface area (TPSA) is 60.0 Å². The summed E-state index contributed by atoms with van der Waals surface area (Å²) in [6, 6.07) is 5.22. The van der Waals surface area contributed by atoms with Crippen LogP contribution in [0.3, 0.4) is 0 Å². The van der Waals surface area contributed by atoms with Gasteiger partial charge in [0.2, 0.25) is 5.91 Å². The van der Waals surface area contributed by atoms with E-state index in [2.05, 4.69) is 5.32 Å². The van der Waals surface area contributed by atoms with E-state index in [0.29, 0.717) is 37.0 Å². The van der Waals surface area contributed by atoms with E-state index < -0.39 is 0 Å². The van der Waals surface area contributed by atoms with Gasteiger partial charge in [-0.05, 0) is 32.5 Å². The van der Waals surface area contributed by atoms with Gasteiger partial charge in [0.15, 0.2) is 11.5 Å². The number of likely N-dealkylation sites (N-methyl/N-ethyl adjacent to an activating group) is 1. The number of amides is 1. The van der Waals surface area contributed by atoms with Gasteiger partial charge in [0.25, 0.3) is 0 Å². The van der Waals surface area contributed by atoms with Crippen LogP contribution in [0.1, 0.15) is 13.3 Å². The minimum Gasteiger partial charge on any atom is -0.486 e. The van der Waals surface area contributed by atoms with Gasteiger partial charge in [0.1, 0.15) is 13.2 Å². The highest BCUT2D eigenvalue weighted by atomic mass is 16.6. The number of benzene rings is 1. The van der Waals surface area contributed by atoms with Crippen molar-refractivity contribution in [1.82, 2.24) is 4.90 Å². The summed E-state index contributed by atoms with van der Waals surface area (Å²) in [4.78, 5) is 14.3. The number of nitrogens with zero attached hydrogens (tertiary/aromatic N) is 1. The van der Waals surface area contributed by atoms with Crippen molar-refractivity contribution < 1.29 is 19.0 Å². The number of nitrogens with one attached hydrogen (secondary N) is 1. The van der Waals surface area contributed by atoms with Gasteiger partial charge in [-0.25, -0.2) is 0 Å². The molecule has 0 saturated heterocycles. The van der Waals surface area contributed by atoms with Gasteiger partial charge in [-0.1, -0.05) is 0 Å². The quantitative estimate of drug-likeness (QED) is 0.778. The Hall–Kier alpha value is -1.79. The molecule has 1 N–H and O–H groups in total. The molecule has 1 aliphatic rings. The van der Waals surface area contributed by atoms with Crippen LogP contribution in [0.2, 0.25) is 0 Å². The second kappa shape index (κ2) is 8.00. The van der Waals surface area contributed by atoms with Crippen molar-refractivity contribution in [1.29, 1.82) is 0 Å². The van der Waals surface area contributed by atoms with Gasteiger partial charge in [-0.2, -0.15) is 0 Å². The van der Waals surface area contributed by atoms with Crippen molar-refractivity contribution in [2.24, 2.45) is 0 Å². The number of methoxy groups -OCH3 is 1. The summed E-state index contributed by atoms with van der Waals surface area (Å²) in [7, 11) is 3.61. The molecule has 0 bridgehead atoms. The van der Waals surface area contributed by atoms with E-state index in [9.17, 15) is 4.79 Å². The number of rotatable bonds is 7. The van der Waals surface area contributed by atoms with E-state index in [0.717, 1.165) is 13.0 Å². The minimum atomic E-state index is -0.218. The molecule has 1 aromatic carbocycles. The first kappa shape index (κ1) is 16.6. The molecule has 0 saturated carbocycles. The average Bonchev–Trinajstić information content (AvgIpc) is 2.54. The lowest BCUT2D eigenvalue weighted by Crippen LogP contribution is -2.40. The van der Waals surface area contributed by atoms with Gasteiger partial charge >= 0.3 is 0 Å². The second-order valence-electron chi connectivity index (χ2n) is 5.35. The molecule has 2 rings (SSSR count). The van der Waals surface area contributed by atoms with E-state index in [-0.39, 0.29) is 11.9 Å². The summed E-state index contributed by atoms with van der Waals surface area (Å²) < 4.78 is 16.0. The van der Waals surface area contributed by atoms with Crippen LogP contribution in [-0.4, -0.2) is 57.4 Å². The number of hydrogen-bond acceptors (Lipinski definition) is 5. The lowest BCUT2D eigenvalue weighted by molar-refractivity contribution is -0.120. The van der Waals surface area contributed by atoms with E-state index in [4.69, 9.17) is 14.2 Å². The van der Waals surface area contributed by atoms with Gasteiger partial charge < -0.3 is 19.5 Å². The van der Waals surface area contributed by atoms with Crippen molar-refractivity contribution in [2.45, 2.75) is 19.4 Å². The molecule has 1 aliphatic heterocycles. The van der Waals surface area contributed by atoms with Crippen LogP contribution in [0.5, 0.6) is 11.5 Å². The van der Waals surface area contributed by atoms with E-state index in [1.54, 1.807) is 13.2 Å². The predicted molar refractivity (Wildman–Crippen MR) is 84.6 cm³/mol. The predicted octanol–water partition coefficient (Wildman–Crippen LogP) is 1.75. The van der Waals surface area contributed by atoms with Crippen LogP contribution in [0, 0.1) is 0 Å². The number of fused-ring (bicyclic) bond motifs is 1. The molecule has 22 heavy (non-hydrogen) atoms. The van der Waals surface area contributed by atoms with Crippen molar-refractivity contribution >= 4 is 11.6 Å². The summed E-state index contributed by atoms with van der Waals surface area (Å²) in [6.07, 6.45) is 0.897. The highest BCUT2D eigenvalue weighted by Gasteiger charge is 2.19. The standard InChI is InChI=1S/C16H24N2O4/c1-12(18(2)7-4-8-20-3)16(19)17-13-5-6-14-15(11-13)22-10-9-21-14/h5-6,11-12H,4,7-10H2,1-3H3,(H,17,19). The van der Waals surface area contributed by atoms with Gasteiger partial charge in [0.05, 0.1) is 6.04 Å². The second-order valence-corrected chi connectivity index (χ2v) is 5.35. The zero-order chi connectivity index (χ0) is 15.9. The normalized spacial score (nSPS) is 14.7. The summed E-state index contributed by atoms with van der Waals surface area (Å²) in [5.74, 6) is 1.34. The Morgan fingerprint density at radius 3 is 2.82 bits per heavy atom. The molecule has 0 aliphatic carbocycles. The highest BCUT2D eigenvalue weighted by molar-refractivity contribution is 5.94. The molecule has 1 aromatic rings. The first-order valence-electron chi connectivity index (χ1n) is 7.51. The first-order valence-corrected chi connectivity index (χ1v) is 7.51. The van der Waals surface area contributed by atoms with Crippen LogP contribution in [0.25, 0.3) is 0 Å². The molecule has 1 atom stereocenters. The molecule has 1 unspecified atom stereocenters. The van der Waals surface area contributed by atoms with Crippen LogP contribution >= 0.6 is 0 Å². The van der Waals surface area contributed by atoms with Crippen LogP contribution in [0.15, 0.2) is 18.2 Å². The van der Waals surface area contributed by atoms with Crippen LogP contribution in [0.4, 0.5) is 5.69 Å². The van der Waals surface area contributed by atoms with Crippen molar-refractivity contribution in [3.05, 3.63) is 18.2 Å². The summed E-state index contributed by atoms with van der Waals surface area (Å²) >= 11 is 0. The fourth-order valence-corrected chi connectivity index (χ4v) is 2.22. The summed E-state index contributed by atoms with van der Waals surface area (Å²) in [5, 5.41) is 2.92. The SMILES string of the molecule is COCCCN(C)C(C)C(=O)Nc1ccc2c(c1)OCCO2. The molecule has 122 valence electrons. The van der Waals surface area contributed by atoms with E-state index in [1.165, 1.54) is 0 Å². The maximum Gasteiger partial charge on any atom is 0.241 e.